The number of carboxylic acids is 1. The minimum absolute atomic E-state index is 0.228. The number of carbonyl (C=O) groups is 1. The van der Waals surface area contributed by atoms with E-state index in [0.29, 0.717) is 0 Å². The average Bonchev–Trinajstić information content (AvgIpc) is 2.66. The van der Waals surface area contributed by atoms with Crippen molar-refractivity contribution in [1.82, 2.24) is 15.0 Å². The number of halogens is 1. The van der Waals surface area contributed by atoms with Crippen molar-refractivity contribution in [2.45, 2.75) is 6.42 Å². The van der Waals surface area contributed by atoms with Crippen molar-refractivity contribution in [2.75, 3.05) is 0 Å². The van der Waals surface area contributed by atoms with E-state index in [4.69, 9.17) is 5.11 Å². The van der Waals surface area contributed by atoms with E-state index in [0.717, 1.165) is 0 Å². The molecule has 0 spiro atoms. The van der Waals surface area contributed by atoms with Crippen LogP contribution in [0.25, 0.3) is 5.69 Å². The Balaban J connectivity index is 2.32. The second-order valence-corrected chi connectivity index (χ2v) is 3.18. The molecule has 0 saturated carbocycles. The third kappa shape index (κ3) is 2.05. The fourth-order valence-corrected chi connectivity index (χ4v) is 1.29. The zero-order valence-corrected chi connectivity index (χ0v) is 8.17. The van der Waals surface area contributed by atoms with Gasteiger partial charge in [-0.25, -0.2) is 9.07 Å². The summed E-state index contributed by atoms with van der Waals surface area (Å²) in [7, 11) is 0. The molecule has 2 rings (SSSR count). The number of aliphatic carboxylic acids is 1. The first-order valence-corrected chi connectivity index (χ1v) is 4.55. The Hall–Kier alpha value is -2.24. The molecule has 0 unspecified atom stereocenters. The van der Waals surface area contributed by atoms with Gasteiger partial charge < -0.3 is 5.11 Å². The number of para-hydroxylation sites is 1. The zero-order chi connectivity index (χ0) is 11.5. The summed E-state index contributed by atoms with van der Waals surface area (Å²) in [6.45, 7) is 0. The molecule has 1 aromatic heterocycles. The SMILES string of the molecule is O=C(O)Cc1cn(-c2ccccc2F)nn1. The normalized spacial score (nSPS) is 10.3. The van der Waals surface area contributed by atoms with Gasteiger partial charge in [-0.05, 0) is 12.1 Å². The van der Waals surface area contributed by atoms with E-state index < -0.39 is 11.8 Å². The van der Waals surface area contributed by atoms with Crippen molar-refractivity contribution < 1.29 is 14.3 Å². The molecular formula is C10H8FN3O2. The minimum Gasteiger partial charge on any atom is -0.481 e. The van der Waals surface area contributed by atoms with Crippen molar-refractivity contribution in [1.29, 1.82) is 0 Å². The van der Waals surface area contributed by atoms with Gasteiger partial charge in [0.05, 0.1) is 18.3 Å². The smallest absolute Gasteiger partial charge is 0.309 e. The molecule has 1 N–H and O–H groups in total. The molecule has 0 amide bonds. The number of hydrogen-bond donors (Lipinski definition) is 1. The van der Waals surface area contributed by atoms with Gasteiger partial charge >= 0.3 is 5.97 Å². The molecule has 2 aromatic rings. The second kappa shape index (κ2) is 4.09. The highest BCUT2D eigenvalue weighted by Gasteiger charge is 2.08. The third-order valence-electron chi connectivity index (χ3n) is 1.97. The Labute approximate surface area is 90.1 Å². The molecule has 5 nitrogen and oxygen atoms in total. The lowest BCUT2D eigenvalue weighted by Crippen LogP contribution is -2.00. The van der Waals surface area contributed by atoms with E-state index in [1.54, 1.807) is 12.1 Å². The van der Waals surface area contributed by atoms with Crippen LogP contribution in [0.5, 0.6) is 0 Å². The maximum Gasteiger partial charge on any atom is 0.309 e. The Bertz CT molecular complexity index is 524. The molecule has 0 aliphatic heterocycles. The van der Waals surface area contributed by atoms with Crippen LogP contribution in [0.15, 0.2) is 30.5 Å². The van der Waals surface area contributed by atoms with Gasteiger partial charge in [0.2, 0.25) is 0 Å². The van der Waals surface area contributed by atoms with Crippen LogP contribution in [0.2, 0.25) is 0 Å². The summed E-state index contributed by atoms with van der Waals surface area (Å²) in [6.07, 6.45) is 1.17. The van der Waals surface area contributed by atoms with Gasteiger partial charge in [0.15, 0.2) is 0 Å². The maximum absolute atomic E-state index is 13.3. The van der Waals surface area contributed by atoms with Crippen molar-refractivity contribution >= 4 is 5.97 Å². The van der Waals surface area contributed by atoms with E-state index in [1.807, 2.05) is 0 Å². The van der Waals surface area contributed by atoms with Gasteiger partial charge in [0.25, 0.3) is 0 Å². The fourth-order valence-electron chi connectivity index (χ4n) is 1.29. The lowest BCUT2D eigenvalue weighted by molar-refractivity contribution is -0.136. The average molecular weight is 221 g/mol. The lowest BCUT2D eigenvalue weighted by Gasteiger charge is -1.99. The minimum atomic E-state index is -0.999. The topological polar surface area (TPSA) is 68.0 Å². The number of benzene rings is 1. The first kappa shape index (κ1) is 10.3. The summed E-state index contributed by atoms with van der Waals surface area (Å²) >= 11 is 0. The Morgan fingerprint density at radius 2 is 2.19 bits per heavy atom. The van der Waals surface area contributed by atoms with Gasteiger partial charge in [0, 0.05) is 0 Å². The molecule has 0 aliphatic carbocycles. The van der Waals surface area contributed by atoms with Crippen molar-refractivity contribution in [3.05, 3.63) is 42.0 Å². The first-order chi connectivity index (χ1) is 7.66. The largest absolute Gasteiger partial charge is 0.481 e. The molecule has 1 aromatic carbocycles. The number of nitrogens with zero attached hydrogens (tertiary/aromatic N) is 3. The molecule has 0 saturated heterocycles. The van der Waals surface area contributed by atoms with Gasteiger partial charge in [-0.2, -0.15) is 0 Å². The monoisotopic (exact) mass is 221 g/mol. The molecule has 1 heterocycles. The third-order valence-corrected chi connectivity index (χ3v) is 1.97. The number of carboxylic acid groups (broad SMARTS) is 1. The summed E-state index contributed by atoms with van der Waals surface area (Å²) in [5.74, 6) is -1.44. The van der Waals surface area contributed by atoms with Gasteiger partial charge in [-0.1, -0.05) is 17.3 Å². The Morgan fingerprint density at radius 1 is 1.44 bits per heavy atom. The number of hydrogen-bond acceptors (Lipinski definition) is 3. The quantitative estimate of drug-likeness (QED) is 0.840. The summed E-state index contributed by atoms with van der Waals surface area (Å²) < 4.78 is 14.6. The van der Waals surface area contributed by atoms with Crippen LogP contribution >= 0.6 is 0 Å². The first-order valence-electron chi connectivity index (χ1n) is 4.55. The predicted octanol–water partition coefficient (Wildman–Crippen LogP) is 1.03. The number of rotatable bonds is 3. The highest BCUT2D eigenvalue weighted by Crippen LogP contribution is 2.11. The zero-order valence-electron chi connectivity index (χ0n) is 8.17. The second-order valence-electron chi connectivity index (χ2n) is 3.18. The van der Waals surface area contributed by atoms with Crippen molar-refractivity contribution in [3.63, 3.8) is 0 Å². The van der Waals surface area contributed by atoms with E-state index in [1.165, 1.54) is 23.0 Å². The van der Waals surface area contributed by atoms with E-state index in [9.17, 15) is 9.18 Å². The van der Waals surface area contributed by atoms with Crippen LogP contribution in [0.4, 0.5) is 4.39 Å². The van der Waals surface area contributed by atoms with E-state index >= 15 is 0 Å². The van der Waals surface area contributed by atoms with E-state index in [2.05, 4.69) is 10.3 Å². The van der Waals surface area contributed by atoms with Crippen LogP contribution < -0.4 is 0 Å². The van der Waals surface area contributed by atoms with Gasteiger partial charge in [0.1, 0.15) is 11.5 Å². The van der Waals surface area contributed by atoms with Crippen molar-refractivity contribution in [2.24, 2.45) is 0 Å². The van der Waals surface area contributed by atoms with Gasteiger partial charge in [-0.15, -0.1) is 5.10 Å². The fraction of sp³-hybridized carbons (Fsp3) is 0.100. The summed E-state index contributed by atoms with van der Waals surface area (Å²) in [6, 6.07) is 6.06. The molecule has 0 aliphatic rings. The summed E-state index contributed by atoms with van der Waals surface area (Å²) in [5, 5.41) is 15.9. The van der Waals surface area contributed by atoms with E-state index in [-0.39, 0.29) is 17.8 Å². The highest BCUT2D eigenvalue weighted by molar-refractivity contribution is 5.69. The molecule has 6 heteroatoms. The van der Waals surface area contributed by atoms with Gasteiger partial charge in [-0.3, -0.25) is 4.79 Å². The lowest BCUT2D eigenvalue weighted by atomic mass is 10.3. The maximum atomic E-state index is 13.3. The number of aromatic nitrogens is 3. The molecule has 0 fully saturated rings. The summed E-state index contributed by atoms with van der Waals surface area (Å²) in [4.78, 5) is 10.4. The summed E-state index contributed by atoms with van der Waals surface area (Å²) in [5.41, 5.74) is 0.530. The highest BCUT2D eigenvalue weighted by atomic mass is 19.1. The van der Waals surface area contributed by atoms with Crippen LogP contribution in [-0.4, -0.2) is 26.1 Å². The van der Waals surface area contributed by atoms with Crippen LogP contribution in [0, 0.1) is 5.82 Å². The van der Waals surface area contributed by atoms with Crippen molar-refractivity contribution in [3.8, 4) is 5.69 Å². The Morgan fingerprint density at radius 3 is 2.88 bits per heavy atom. The molecule has 82 valence electrons. The molecular weight excluding hydrogens is 213 g/mol. The predicted molar refractivity (Wildman–Crippen MR) is 52.7 cm³/mol. The van der Waals surface area contributed by atoms with Crippen LogP contribution in [0.3, 0.4) is 0 Å². The molecule has 0 bridgehead atoms. The molecule has 0 radical (unpaired) electrons. The van der Waals surface area contributed by atoms with Crippen LogP contribution in [0.1, 0.15) is 5.69 Å². The Kier molecular flexibility index (Phi) is 2.63. The molecule has 16 heavy (non-hydrogen) atoms. The van der Waals surface area contributed by atoms with Crippen LogP contribution in [-0.2, 0) is 11.2 Å². The molecule has 0 atom stereocenters. The standard InChI is InChI=1S/C10H8FN3O2/c11-8-3-1-2-4-9(8)14-6-7(12-13-14)5-10(15)16/h1-4,6H,5H2,(H,15,16).